The van der Waals surface area contributed by atoms with Crippen molar-refractivity contribution in [1.29, 1.82) is 0 Å². The summed E-state index contributed by atoms with van der Waals surface area (Å²) in [5, 5.41) is 0.134. The van der Waals surface area contributed by atoms with Gasteiger partial charge in [0.2, 0.25) is 0 Å². The predicted octanol–water partition coefficient (Wildman–Crippen LogP) is 3.32. The Morgan fingerprint density at radius 3 is 2.64 bits per heavy atom. The van der Waals surface area contributed by atoms with E-state index in [0.717, 1.165) is 5.92 Å². The lowest BCUT2D eigenvalue weighted by atomic mass is 9.62. The van der Waals surface area contributed by atoms with Crippen LogP contribution >= 0.6 is 0 Å². The molecule has 1 rings (SSSR count). The Labute approximate surface area is 72.2 Å². The molecule has 0 bridgehead atoms. The van der Waals surface area contributed by atoms with Crippen molar-refractivity contribution in [3.63, 3.8) is 0 Å². The molecule has 0 aliphatic heterocycles. The maximum absolute atomic E-state index is 6.11. The zero-order valence-corrected chi connectivity index (χ0v) is 7.90. The highest BCUT2D eigenvalue weighted by Gasteiger charge is 2.20. The molecule has 0 saturated heterocycles. The highest BCUT2D eigenvalue weighted by molar-refractivity contribution is 6.14. The molecule has 0 spiro atoms. The molecular formula is C10H19B. The Balaban J connectivity index is 2.38. The van der Waals surface area contributed by atoms with Crippen LogP contribution in [-0.2, 0) is 0 Å². The topological polar surface area (TPSA) is 0 Å². The second-order valence-electron chi connectivity index (χ2n) is 4.54. The molecule has 0 aromatic carbocycles. The first kappa shape index (κ1) is 9.16. The van der Waals surface area contributed by atoms with Gasteiger partial charge in [-0.2, -0.15) is 0 Å². The second kappa shape index (κ2) is 3.64. The predicted molar refractivity (Wildman–Crippen MR) is 51.0 cm³/mol. The van der Waals surface area contributed by atoms with Gasteiger partial charge >= 0.3 is 0 Å². The molecule has 2 radical (unpaired) electrons. The van der Waals surface area contributed by atoms with Crippen LogP contribution in [0.25, 0.3) is 0 Å². The van der Waals surface area contributed by atoms with Crippen molar-refractivity contribution in [2.45, 2.75) is 57.7 Å². The highest BCUT2D eigenvalue weighted by Crippen LogP contribution is 2.38. The summed E-state index contributed by atoms with van der Waals surface area (Å²) in [4.78, 5) is 0. The minimum absolute atomic E-state index is 0.134. The van der Waals surface area contributed by atoms with E-state index in [1.54, 1.807) is 0 Å². The Morgan fingerprint density at radius 2 is 1.91 bits per heavy atom. The van der Waals surface area contributed by atoms with Gasteiger partial charge in [-0.3, -0.25) is 0 Å². The normalized spacial score (nSPS) is 41.1. The molecule has 0 aromatic heterocycles. The zero-order chi connectivity index (χ0) is 8.32. The summed E-state index contributed by atoms with van der Waals surface area (Å²) in [7, 11) is 6.11. The van der Waals surface area contributed by atoms with Gasteiger partial charge in [-0.05, 0) is 5.92 Å². The Hall–Kier alpha value is 0.0649. The van der Waals surface area contributed by atoms with E-state index in [4.69, 9.17) is 7.85 Å². The third-order valence-electron chi connectivity index (χ3n) is 2.90. The minimum Gasteiger partial charge on any atom is -0.0688 e. The van der Waals surface area contributed by atoms with Crippen LogP contribution in [0.15, 0.2) is 0 Å². The standard InChI is InChI=1S/C10H19B/c1-9-5-3-4-7-10(2,11)8-6-9/h9H,3-8H2,1-2H3. The van der Waals surface area contributed by atoms with Crippen molar-refractivity contribution < 1.29 is 0 Å². The molecule has 0 amide bonds. The van der Waals surface area contributed by atoms with Crippen molar-refractivity contribution in [1.82, 2.24) is 0 Å². The van der Waals surface area contributed by atoms with Crippen molar-refractivity contribution in [2.24, 2.45) is 5.92 Å². The maximum Gasteiger partial charge on any atom is 0.0742 e. The van der Waals surface area contributed by atoms with Gasteiger partial charge in [0.1, 0.15) is 0 Å². The van der Waals surface area contributed by atoms with Gasteiger partial charge in [-0.15, -0.1) is 0 Å². The molecule has 0 heterocycles. The van der Waals surface area contributed by atoms with Crippen LogP contribution in [0.3, 0.4) is 0 Å². The second-order valence-corrected chi connectivity index (χ2v) is 4.54. The van der Waals surface area contributed by atoms with Crippen LogP contribution in [0.5, 0.6) is 0 Å². The van der Waals surface area contributed by atoms with Crippen LogP contribution in [0.2, 0.25) is 5.31 Å². The summed E-state index contributed by atoms with van der Waals surface area (Å²) in [5.74, 6) is 0.901. The van der Waals surface area contributed by atoms with Crippen molar-refractivity contribution >= 4 is 7.85 Å². The van der Waals surface area contributed by atoms with Crippen molar-refractivity contribution in [3.05, 3.63) is 0 Å². The SMILES string of the molecule is [B]C1(C)CCCCC(C)CC1. The van der Waals surface area contributed by atoms with Crippen molar-refractivity contribution in [2.75, 3.05) is 0 Å². The fourth-order valence-corrected chi connectivity index (χ4v) is 1.87. The van der Waals surface area contributed by atoms with Gasteiger partial charge < -0.3 is 0 Å². The van der Waals surface area contributed by atoms with E-state index in [0.29, 0.717) is 0 Å². The van der Waals surface area contributed by atoms with Crippen molar-refractivity contribution in [3.8, 4) is 0 Å². The molecular weight excluding hydrogens is 131 g/mol. The lowest BCUT2D eigenvalue weighted by molar-refractivity contribution is 0.354. The van der Waals surface area contributed by atoms with E-state index in [1.165, 1.54) is 38.5 Å². The van der Waals surface area contributed by atoms with Gasteiger partial charge in [-0.25, -0.2) is 0 Å². The van der Waals surface area contributed by atoms with Crippen LogP contribution in [0, 0.1) is 5.92 Å². The minimum atomic E-state index is 0.134. The molecule has 1 aliphatic rings. The van der Waals surface area contributed by atoms with Crippen LogP contribution in [0.1, 0.15) is 52.4 Å². The van der Waals surface area contributed by atoms with Gasteiger partial charge in [0.05, 0.1) is 7.85 Å². The Kier molecular flexibility index (Phi) is 3.03. The fraction of sp³-hybridized carbons (Fsp3) is 1.00. The zero-order valence-electron chi connectivity index (χ0n) is 7.90. The Bertz CT molecular complexity index is 118. The summed E-state index contributed by atoms with van der Waals surface area (Å²) in [6.45, 7) is 4.55. The van der Waals surface area contributed by atoms with Gasteiger partial charge in [0.25, 0.3) is 0 Å². The lowest BCUT2D eigenvalue weighted by Gasteiger charge is -2.29. The summed E-state index contributed by atoms with van der Waals surface area (Å²) >= 11 is 0. The van der Waals surface area contributed by atoms with Gasteiger partial charge in [0.15, 0.2) is 0 Å². The maximum atomic E-state index is 6.11. The largest absolute Gasteiger partial charge is 0.0742 e. The quantitative estimate of drug-likeness (QED) is 0.464. The van der Waals surface area contributed by atoms with Gasteiger partial charge in [-0.1, -0.05) is 57.7 Å². The molecule has 2 unspecified atom stereocenters. The number of hydrogen-bond acceptors (Lipinski definition) is 0. The van der Waals surface area contributed by atoms with E-state index in [2.05, 4.69) is 13.8 Å². The molecule has 11 heavy (non-hydrogen) atoms. The van der Waals surface area contributed by atoms with Crippen LogP contribution in [-0.4, -0.2) is 7.85 Å². The molecule has 0 N–H and O–H groups in total. The molecule has 0 aromatic rings. The number of rotatable bonds is 0. The van der Waals surface area contributed by atoms with Gasteiger partial charge in [0, 0.05) is 0 Å². The monoisotopic (exact) mass is 150 g/mol. The molecule has 62 valence electrons. The fourth-order valence-electron chi connectivity index (χ4n) is 1.87. The van der Waals surface area contributed by atoms with E-state index in [9.17, 15) is 0 Å². The summed E-state index contributed by atoms with van der Waals surface area (Å²) in [6.07, 6.45) is 7.89. The molecule has 1 aliphatic carbocycles. The smallest absolute Gasteiger partial charge is 0.0688 e. The molecule has 2 atom stereocenters. The van der Waals surface area contributed by atoms with E-state index in [-0.39, 0.29) is 5.31 Å². The summed E-state index contributed by atoms with van der Waals surface area (Å²) in [5.41, 5.74) is 0. The molecule has 0 nitrogen and oxygen atoms in total. The average Bonchev–Trinajstić information content (AvgIpc) is 1.92. The van der Waals surface area contributed by atoms with E-state index in [1.807, 2.05) is 0 Å². The first-order valence-corrected chi connectivity index (χ1v) is 4.89. The summed E-state index contributed by atoms with van der Waals surface area (Å²) in [6, 6.07) is 0. The molecule has 1 heteroatoms. The molecule has 1 saturated carbocycles. The Morgan fingerprint density at radius 1 is 1.18 bits per heavy atom. The number of hydrogen-bond donors (Lipinski definition) is 0. The summed E-state index contributed by atoms with van der Waals surface area (Å²) < 4.78 is 0. The molecule has 1 fully saturated rings. The third-order valence-corrected chi connectivity index (χ3v) is 2.90. The van der Waals surface area contributed by atoms with Crippen LogP contribution in [0.4, 0.5) is 0 Å². The van der Waals surface area contributed by atoms with E-state index < -0.39 is 0 Å². The average molecular weight is 150 g/mol. The van der Waals surface area contributed by atoms with Crippen LogP contribution < -0.4 is 0 Å². The highest BCUT2D eigenvalue weighted by atomic mass is 14.2. The van der Waals surface area contributed by atoms with E-state index >= 15 is 0 Å². The lowest BCUT2D eigenvalue weighted by Crippen LogP contribution is -2.13. The first-order valence-electron chi connectivity index (χ1n) is 4.89. The third kappa shape index (κ3) is 3.31. The first-order chi connectivity index (χ1) is 5.10.